The molecule has 0 aliphatic heterocycles. The van der Waals surface area contributed by atoms with Gasteiger partial charge in [0.15, 0.2) is 0 Å². The smallest absolute Gasteiger partial charge is 0 e. The first-order valence-electron chi connectivity index (χ1n) is 0. The number of hydrogen-bond donors (Lipinski definition) is 0. The van der Waals surface area contributed by atoms with Crippen LogP contribution in [0, 0.1) is 0 Å². The molecule has 0 aliphatic rings. The van der Waals surface area contributed by atoms with E-state index in [0.29, 0.717) is 0 Å². The molecule has 0 aliphatic carbocycles. The molecule has 0 radical (unpaired) electrons. The third-order valence-electron chi connectivity index (χ3n) is 0. The van der Waals surface area contributed by atoms with Crippen LogP contribution in [0.1, 0.15) is 0 Å². The quantitative estimate of drug-likeness (QED) is 0.204. The van der Waals surface area contributed by atoms with Crippen molar-refractivity contribution in [1.82, 2.24) is 0 Å². The summed E-state index contributed by atoms with van der Waals surface area (Å²) in [5, 5.41) is 0. The van der Waals surface area contributed by atoms with Crippen LogP contribution in [0.2, 0.25) is 0 Å². The Hall–Kier alpha value is 2.19. The molecular formula is H29O14W4+. The van der Waals surface area contributed by atoms with E-state index < -0.39 is 0 Å². The maximum absolute atomic E-state index is 0. The van der Waals surface area contributed by atoms with Crippen LogP contribution in [0.25, 0.3) is 0 Å². The van der Waals surface area contributed by atoms with Crippen LogP contribution in [-0.4, -0.2) is 71.2 Å². The van der Waals surface area contributed by atoms with Crippen LogP contribution >= 0.6 is 0 Å². The summed E-state index contributed by atoms with van der Waals surface area (Å²) in [6.07, 6.45) is 0. The Kier molecular flexibility index (Phi) is 113000. The fourth-order valence-corrected chi connectivity index (χ4v) is 0. The second-order valence-corrected chi connectivity index (χ2v) is 0. The van der Waals surface area contributed by atoms with Gasteiger partial charge < -0.3 is 76.7 Å². The summed E-state index contributed by atoms with van der Waals surface area (Å²) in [7, 11) is 0. The Labute approximate surface area is 160 Å². The monoisotopic (exact) mass is 989 g/mol. The van der Waals surface area contributed by atoms with E-state index in [2.05, 4.69) is 0 Å². The molecule has 18 heavy (non-hydrogen) atoms. The molecule has 0 atom stereocenters. The summed E-state index contributed by atoms with van der Waals surface area (Å²) >= 11 is 0. The molecule has 136 valence electrons. The van der Waals surface area contributed by atoms with Gasteiger partial charge >= 0.3 is 0 Å². The third kappa shape index (κ3) is 1120. The molecule has 0 bridgehead atoms. The van der Waals surface area contributed by atoms with E-state index in [1.807, 2.05) is 0 Å². The fraction of sp³-hybridized carbons (Fsp3) is 0. The molecule has 14 nitrogen and oxygen atoms in total. The SMILES string of the molecule is O.O.O.O.O.O.O.O.O.O.O.O.O.[OH3+].[W].[W].[W].[W]. The molecule has 0 rings (SSSR count). The second kappa shape index (κ2) is 1320. The molecule has 29 N–H and O–H groups in total. The summed E-state index contributed by atoms with van der Waals surface area (Å²) in [4.78, 5) is 0. The summed E-state index contributed by atoms with van der Waals surface area (Å²) in [6, 6.07) is 0. The molecular weight excluding hydrogens is 959 g/mol. The first-order chi connectivity index (χ1) is 0. The van der Waals surface area contributed by atoms with E-state index in [-0.39, 0.29) is 161 Å². The van der Waals surface area contributed by atoms with Crippen LogP contribution in [0.15, 0.2) is 0 Å². The van der Waals surface area contributed by atoms with Crippen molar-refractivity contribution >= 4 is 0 Å². The zero-order valence-corrected chi connectivity index (χ0v) is 20.4. The van der Waals surface area contributed by atoms with Gasteiger partial charge in [-0.1, -0.05) is 0 Å². The first-order valence-corrected chi connectivity index (χ1v) is 0. The number of rotatable bonds is 0. The normalized spacial score (nSPS) is 0. The molecule has 0 amide bonds. The van der Waals surface area contributed by atoms with Gasteiger partial charge in [-0.3, -0.25) is 0 Å². The summed E-state index contributed by atoms with van der Waals surface area (Å²) in [5.41, 5.74) is 0. The van der Waals surface area contributed by atoms with E-state index >= 15 is 0 Å². The maximum atomic E-state index is 0. The van der Waals surface area contributed by atoms with Crippen LogP contribution in [-0.2, 0) is 89.7 Å². The molecule has 18 heteroatoms. The average molecular weight is 989 g/mol. The van der Waals surface area contributed by atoms with Crippen molar-refractivity contribution in [3.63, 3.8) is 0 Å². The molecule has 0 saturated carbocycles. The minimum absolute atomic E-state index is 0. The first kappa shape index (κ1) is 1550. The van der Waals surface area contributed by atoms with Crippen molar-refractivity contribution in [2.24, 2.45) is 0 Å². The summed E-state index contributed by atoms with van der Waals surface area (Å²) in [6.45, 7) is 0. The minimum Gasteiger partial charge on any atom is -0.457 e. The molecule has 0 aromatic rings. The van der Waals surface area contributed by atoms with Crippen molar-refractivity contribution in [3.8, 4) is 0 Å². The topological polar surface area (TPSA) is 442 Å². The Morgan fingerprint density at radius 1 is 0.167 bits per heavy atom. The zero-order valence-electron chi connectivity index (χ0n) is 8.71. The van der Waals surface area contributed by atoms with Crippen LogP contribution < -0.4 is 0 Å². The molecule has 0 saturated heterocycles. The molecule has 0 spiro atoms. The average Bonchev–Trinajstić information content (AvgIpc) is 0. The van der Waals surface area contributed by atoms with E-state index in [1.165, 1.54) is 0 Å². The van der Waals surface area contributed by atoms with Gasteiger partial charge in [-0.15, -0.1) is 0 Å². The standard InChI is InChI=1S/14H2O.4W/h14*1H2;;;;/p+1. The van der Waals surface area contributed by atoms with E-state index in [1.54, 1.807) is 0 Å². The maximum Gasteiger partial charge on any atom is 0 e. The predicted molar refractivity (Wildman–Crippen MR) is 51.9 cm³/mol. The van der Waals surface area contributed by atoms with Crippen LogP contribution in [0.4, 0.5) is 0 Å². The summed E-state index contributed by atoms with van der Waals surface area (Å²) in [5.74, 6) is 0. The van der Waals surface area contributed by atoms with Crippen molar-refractivity contribution in [1.29, 1.82) is 0 Å². The second-order valence-electron chi connectivity index (χ2n) is 0. The van der Waals surface area contributed by atoms with Gasteiger partial charge in [0, 0.05) is 84.3 Å². The fourth-order valence-electron chi connectivity index (χ4n) is 0. The predicted octanol–water partition coefficient (Wildman–Crippen LogP) is -11.7. The van der Waals surface area contributed by atoms with E-state index in [0.717, 1.165) is 0 Å². The van der Waals surface area contributed by atoms with Gasteiger partial charge in [0.1, 0.15) is 0 Å². The van der Waals surface area contributed by atoms with Crippen molar-refractivity contribution < 1.29 is 161 Å². The Bertz CT molecular complexity index is 13.8. The number of hydrogen-bond acceptors (Lipinski definition) is 0. The van der Waals surface area contributed by atoms with E-state index in [9.17, 15) is 0 Å². The van der Waals surface area contributed by atoms with Gasteiger partial charge in [0.25, 0.3) is 0 Å². The van der Waals surface area contributed by atoms with Crippen molar-refractivity contribution in [2.45, 2.75) is 0 Å². The third-order valence-corrected chi connectivity index (χ3v) is 0. The molecule has 0 aromatic heterocycles. The molecule has 0 aromatic carbocycles. The molecule has 0 fully saturated rings. The minimum atomic E-state index is 0. The molecule has 0 heterocycles. The largest absolute Gasteiger partial charge is 0.457 e. The summed E-state index contributed by atoms with van der Waals surface area (Å²) < 4.78 is 0. The Morgan fingerprint density at radius 3 is 0.167 bits per heavy atom. The van der Waals surface area contributed by atoms with Gasteiger partial charge in [0.05, 0.1) is 0 Å². The van der Waals surface area contributed by atoms with E-state index in [4.69, 9.17) is 0 Å². The van der Waals surface area contributed by atoms with Gasteiger partial charge in [-0.05, 0) is 0 Å². The van der Waals surface area contributed by atoms with Crippen molar-refractivity contribution in [3.05, 3.63) is 0 Å². The van der Waals surface area contributed by atoms with Crippen molar-refractivity contribution in [2.75, 3.05) is 0 Å². The Balaban J connectivity index is 0. The molecule has 0 unspecified atom stereocenters. The van der Waals surface area contributed by atoms with Crippen LogP contribution in [0.3, 0.4) is 0 Å². The zero-order chi connectivity index (χ0) is 0. The van der Waals surface area contributed by atoms with Crippen LogP contribution in [0.5, 0.6) is 0 Å². The van der Waals surface area contributed by atoms with Gasteiger partial charge in [0.2, 0.25) is 0 Å². The van der Waals surface area contributed by atoms with Gasteiger partial charge in [-0.2, -0.15) is 0 Å². The van der Waals surface area contributed by atoms with Gasteiger partial charge in [-0.25, -0.2) is 0 Å². The Morgan fingerprint density at radius 2 is 0.167 bits per heavy atom.